The van der Waals surface area contributed by atoms with Crippen LogP contribution in [0, 0.1) is 0 Å². The van der Waals surface area contributed by atoms with E-state index in [1.165, 1.54) is 27.8 Å². The van der Waals surface area contributed by atoms with Gasteiger partial charge in [0, 0.05) is 28.0 Å². The smallest absolute Gasteiger partial charge is 0.0534 e. The van der Waals surface area contributed by atoms with Gasteiger partial charge in [0.25, 0.3) is 0 Å². The molecule has 0 radical (unpaired) electrons. The van der Waals surface area contributed by atoms with Gasteiger partial charge in [-0.15, -0.1) is 0 Å². The Balaban J connectivity index is 2.04. The molecule has 2 aromatic carbocycles. The molecule has 0 unspecified atom stereocenters. The maximum atomic E-state index is 3.51. The first kappa shape index (κ1) is 13.4. The first-order valence-electron chi connectivity index (χ1n) is 7.24. The summed E-state index contributed by atoms with van der Waals surface area (Å²) in [5, 5.41) is 0. The third-order valence-electron chi connectivity index (χ3n) is 3.90. The van der Waals surface area contributed by atoms with Gasteiger partial charge in [-0.1, -0.05) is 64.5 Å². The molecule has 22 heavy (non-hydrogen) atoms. The minimum Gasteiger partial charge on any atom is -0.323 e. The Labute approximate surface area is 138 Å². The Kier molecular flexibility index (Phi) is 3.32. The number of pyridine rings is 1. The van der Waals surface area contributed by atoms with E-state index < -0.39 is 0 Å². The largest absolute Gasteiger partial charge is 0.323 e. The Morgan fingerprint density at radius 1 is 0.682 bits per heavy atom. The summed E-state index contributed by atoms with van der Waals surface area (Å²) >= 11 is 3.51. The van der Waals surface area contributed by atoms with E-state index in [1.807, 2.05) is 0 Å². The number of hydrogen-bond donors (Lipinski definition) is 0. The van der Waals surface area contributed by atoms with Gasteiger partial charge in [0.2, 0.25) is 0 Å². The molecule has 0 saturated carbocycles. The van der Waals surface area contributed by atoms with Crippen LogP contribution in [0.2, 0.25) is 0 Å². The summed E-state index contributed by atoms with van der Waals surface area (Å²) < 4.78 is 3.29. The Bertz CT molecular complexity index is 921. The number of benzene rings is 2. The molecule has 4 aromatic rings. The van der Waals surface area contributed by atoms with Crippen LogP contribution in [0.15, 0.2) is 89.7 Å². The molecule has 0 fully saturated rings. The highest BCUT2D eigenvalue weighted by Gasteiger charge is 2.13. The van der Waals surface area contributed by atoms with Crippen LogP contribution in [-0.4, -0.2) is 4.40 Å². The topological polar surface area (TPSA) is 4.41 Å². The fourth-order valence-electron chi connectivity index (χ4n) is 2.88. The highest BCUT2D eigenvalue weighted by molar-refractivity contribution is 9.10. The average molecular weight is 348 g/mol. The number of fused-ring (bicyclic) bond motifs is 1. The van der Waals surface area contributed by atoms with E-state index in [0.717, 1.165) is 4.47 Å². The normalized spacial score (nSPS) is 11.0. The molecule has 0 atom stereocenters. The zero-order chi connectivity index (χ0) is 14.9. The van der Waals surface area contributed by atoms with Crippen molar-refractivity contribution in [3.05, 3.63) is 89.7 Å². The van der Waals surface area contributed by atoms with Crippen molar-refractivity contribution >= 4 is 21.4 Å². The van der Waals surface area contributed by atoms with Gasteiger partial charge in [0.05, 0.1) is 5.52 Å². The van der Waals surface area contributed by atoms with Crippen molar-refractivity contribution in [2.45, 2.75) is 0 Å². The van der Waals surface area contributed by atoms with Gasteiger partial charge in [-0.2, -0.15) is 0 Å². The molecule has 4 rings (SSSR count). The molecule has 0 saturated heterocycles. The summed E-state index contributed by atoms with van der Waals surface area (Å²) in [5.74, 6) is 0. The maximum Gasteiger partial charge on any atom is 0.0534 e. The van der Waals surface area contributed by atoms with Gasteiger partial charge in [-0.05, 0) is 35.4 Å². The predicted molar refractivity (Wildman–Crippen MR) is 96.0 cm³/mol. The first-order chi connectivity index (χ1) is 10.8. The lowest BCUT2D eigenvalue weighted by atomic mass is 9.98. The van der Waals surface area contributed by atoms with E-state index >= 15 is 0 Å². The second-order valence-corrected chi connectivity index (χ2v) is 6.20. The van der Waals surface area contributed by atoms with Crippen molar-refractivity contribution in [1.82, 2.24) is 4.40 Å². The molecule has 0 spiro atoms. The van der Waals surface area contributed by atoms with Gasteiger partial charge in [0.1, 0.15) is 0 Å². The first-order valence-corrected chi connectivity index (χ1v) is 8.03. The second kappa shape index (κ2) is 5.47. The van der Waals surface area contributed by atoms with Gasteiger partial charge >= 0.3 is 0 Å². The number of nitrogens with zero attached hydrogens (tertiary/aromatic N) is 1. The molecule has 0 N–H and O–H groups in total. The monoisotopic (exact) mass is 347 g/mol. The third-order valence-corrected chi connectivity index (χ3v) is 4.43. The molecular formula is C20H14BrN. The van der Waals surface area contributed by atoms with E-state index in [-0.39, 0.29) is 0 Å². The van der Waals surface area contributed by atoms with Crippen LogP contribution in [0.5, 0.6) is 0 Å². The lowest BCUT2D eigenvalue weighted by Gasteiger charge is -2.06. The second-order valence-electron chi connectivity index (χ2n) is 5.28. The number of hydrogen-bond acceptors (Lipinski definition) is 0. The Morgan fingerprint density at radius 2 is 1.41 bits per heavy atom. The molecule has 0 amide bonds. The lowest BCUT2D eigenvalue weighted by molar-refractivity contribution is 1.20. The number of rotatable bonds is 2. The van der Waals surface area contributed by atoms with Crippen LogP contribution < -0.4 is 0 Å². The zero-order valence-corrected chi connectivity index (χ0v) is 13.5. The molecule has 2 heterocycles. The van der Waals surface area contributed by atoms with Crippen LogP contribution in [0.3, 0.4) is 0 Å². The Hall–Kier alpha value is -2.32. The maximum absolute atomic E-state index is 3.51. The predicted octanol–water partition coefficient (Wildman–Crippen LogP) is 6.04. The van der Waals surface area contributed by atoms with E-state index in [2.05, 4.69) is 106 Å². The Morgan fingerprint density at radius 3 is 2.18 bits per heavy atom. The number of aromatic nitrogens is 1. The van der Waals surface area contributed by atoms with Crippen molar-refractivity contribution in [3.63, 3.8) is 0 Å². The summed E-state index contributed by atoms with van der Waals surface area (Å²) in [6, 6.07) is 25.4. The molecule has 106 valence electrons. The quantitative estimate of drug-likeness (QED) is 0.416. The fraction of sp³-hybridized carbons (Fsp3) is 0. The summed E-state index contributed by atoms with van der Waals surface area (Å²) in [4.78, 5) is 0. The number of halogens is 1. The fourth-order valence-corrected chi connectivity index (χ4v) is 3.14. The molecule has 0 bridgehead atoms. The highest BCUT2D eigenvalue weighted by atomic mass is 79.9. The molecule has 0 aliphatic rings. The van der Waals surface area contributed by atoms with Crippen LogP contribution in [0.4, 0.5) is 0 Å². The van der Waals surface area contributed by atoms with Crippen molar-refractivity contribution in [2.75, 3.05) is 0 Å². The SMILES string of the molecule is Brc1ccc(-c2cn3ccccc3c2-c2ccccc2)cc1. The van der Waals surface area contributed by atoms with E-state index in [1.54, 1.807) is 0 Å². The minimum absolute atomic E-state index is 1.10. The molecular weight excluding hydrogens is 334 g/mol. The molecule has 1 nitrogen and oxygen atoms in total. The standard InChI is InChI=1S/C20H14BrN/c21-17-11-9-15(10-12-17)18-14-22-13-5-4-8-19(22)20(18)16-6-2-1-3-7-16/h1-14H. The van der Waals surface area contributed by atoms with Crippen molar-refractivity contribution in [2.24, 2.45) is 0 Å². The van der Waals surface area contributed by atoms with Crippen LogP contribution in [0.1, 0.15) is 0 Å². The summed E-state index contributed by atoms with van der Waals surface area (Å²) in [6.07, 6.45) is 4.31. The molecule has 2 aromatic heterocycles. The van der Waals surface area contributed by atoms with Gasteiger partial charge in [-0.25, -0.2) is 0 Å². The molecule has 0 aliphatic heterocycles. The van der Waals surface area contributed by atoms with Gasteiger partial charge in [-0.3, -0.25) is 0 Å². The van der Waals surface area contributed by atoms with Gasteiger partial charge < -0.3 is 4.40 Å². The average Bonchev–Trinajstić information content (AvgIpc) is 2.96. The summed E-state index contributed by atoms with van der Waals surface area (Å²) in [5.41, 5.74) is 6.24. The lowest BCUT2D eigenvalue weighted by Crippen LogP contribution is -1.81. The van der Waals surface area contributed by atoms with Crippen LogP contribution >= 0.6 is 15.9 Å². The van der Waals surface area contributed by atoms with Crippen molar-refractivity contribution in [1.29, 1.82) is 0 Å². The van der Waals surface area contributed by atoms with E-state index in [0.29, 0.717) is 0 Å². The molecule has 2 heteroatoms. The summed E-state index contributed by atoms with van der Waals surface area (Å²) in [6.45, 7) is 0. The van der Waals surface area contributed by atoms with E-state index in [4.69, 9.17) is 0 Å². The van der Waals surface area contributed by atoms with Crippen molar-refractivity contribution < 1.29 is 0 Å². The van der Waals surface area contributed by atoms with Crippen LogP contribution in [-0.2, 0) is 0 Å². The third kappa shape index (κ3) is 2.26. The minimum atomic E-state index is 1.10. The van der Waals surface area contributed by atoms with E-state index in [9.17, 15) is 0 Å². The van der Waals surface area contributed by atoms with Crippen LogP contribution in [0.25, 0.3) is 27.8 Å². The zero-order valence-electron chi connectivity index (χ0n) is 11.9. The van der Waals surface area contributed by atoms with Gasteiger partial charge in [0.15, 0.2) is 0 Å². The highest BCUT2D eigenvalue weighted by Crippen LogP contribution is 2.37. The molecule has 0 aliphatic carbocycles. The summed E-state index contributed by atoms with van der Waals surface area (Å²) in [7, 11) is 0. The van der Waals surface area contributed by atoms with Crippen molar-refractivity contribution in [3.8, 4) is 22.3 Å².